The summed E-state index contributed by atoms with van der Waals surface area (Å²) in [6.07, 6.45) is 4.15. The minimum atomic E-state index is -3.37. The zero-order valence-electron chi connectivity index (χ0n) is 12.1. The SMILES string of the molecule is CC(C)(C)OC(=O)C1CCC(COS(C)(=O)=O)CC1. The van der Waals surface area contributed by atoms with E-state index in [2.05, 4.69) is 0 Å². The van der Waals surface area contributed by atoms with E-state index >= 15 is 0 Å². The van der Waals surface area contributed by atoms with Crippen molar-refractivity contribution < 1.29 is 22.1 Å². The van der Waals surface area contributed by atoms with Gasteiger partial charge in [0.05, 0.1) is 18.8 Å². The highest BCUT2D eigenvalue weighted by atomic mass is 32.2. The van der Waals surface area contributed by atoms with Crippen LogP contribution in [0.4, 0.5) is 0 Å². The summed E-state index contributed by atoms with van der Waals surface area (Å²) in [5.74, 6) is 0.0112. The van der Waals surface area contributed by atoms with Crippen molar-refractivity contribution >= 4 is 16.1 Å². The van der Waals surface area contributed by atoms with Gasteiger partial charge in [0.25, 0.3) is 10.1 Å². The van der Waals surface area contributed by atoms with E-state index in [4.69, 9.17) is 8.92 Å². The maximum Gasteiger partial charge on any atom is 0.309 e. The van der Waals surface area contributed by atoms with E-state index in [-0.39, 0.29) is 24.4 Å². The Labute approximate surface area is 115 Å². The van der Waals surface area contributed by atoms with E-state index in [1.54, 1.807) is 0 Å². The highest BCUT2D eigenvalue weighted by molar-refractivity contribution is 7.85. The molecule has 6 heteroatoms. The summed E-state index contributed by atoms with van der Waals surface area (Å²) in [7, 11) is -3.37. The molecule has 0 aromatic carbocycles. The van der Waals surface area contributed by atoms with Crippen LogP contribution in [-0.4, -0.2) is 32.9 Å². The van der Waals surface area contributed by atoms with E-state index in [1.807, 2.05) is 20.8 Å². The zero-order chi connectivity index (χ0) is 14.7. The van der Waals surface area contributed by atoms with Crippen LogP contribution in [0.25, 0.3) is 0 Å². The summed E-state index contributed by atoms with van der Waals surface area (Å²) < 4.78 is 32.0. The van der Waals surface area contributed by atoms with Crippen LogP contribution in [0.1, 0.15) is 46.5 Å². The van der Waals surface area contributed by atoms with Gasteiger partial charge in [-0.15, -0.1) is 0 Å². The van der Waals surface area contributed by atoms with Crippen LogP contribution in [0.15, 0.2) is 0 Å². The Morgan fingerprint density at radius 1 is 1.16 bits per heavy atom. The van der Waals surface area contributed by atoms with Gasteiger partial charge in [0, 0.05) is 0 Å². The van der Waals surface area contributed by atoms with Gasteiger partial charge in [-0.25, -0.2) is 0 Å². The van der Waals surface area contributed by atoms with Gasteiger partial charge in [-0.05, 0) is 52.4 Å². The number of ether oxygens (including phenoxy) is 1. The molecule has 1 aliphatic rings. The molecule has 0 aliphatic heterocycles. The number of rotatable bonds is 4. The Kier molecular flexibility index (Phi) is 5.38. The lowest BCUT2D eigenvalue weighted by atomic mass is 9.82. The molecule has 0 saturated heterocycles. The third-order valence-electron chi connectivity index (χ3n) is 3.10. The second kappa shape index (κ2) is 6.22. The molecule has 0 radical (unpaired) electrons. The van der Waals surface area contributed by atoms with Crippen molar-refractivity contribution in [2.45, 2.75) is 52.1 Å². The average molecular weight is 292 g/mol. The van der Waals surface area contributed by atoms with Crippen molar-refractivity contribution in [1.29, 1.82) is 0 Å². The highest BCUT2D eigenvalue weighted by Gasteiger charge is 2.30. The molecule has 0 N–H and O–H groups in total. The summed E-state index contributed by atoms with van der Waals surface area (Å²) >= 11 is 0. The summed E-state index contributed by atoms with van der Waals surface area (Å²) in [4.78, 5) is 11.9. The van der Waals surface area contributed by atoms with Crippen molar-refractivity contribution in [2.24, 2.45) is 11.8 Å². The first-order valence-corrected chi connectivity index (χ1v) is 8.46. The van der Waals surface area contributed by atoms with Gasteiger partial charge in [0.1, 0.15) is 5.60 Å². The van der Waals surface area contributed by atoms with Crippen LogP contribution in [0, 0.1) is 11.8 Å². The fourth-order valence-electron chi connectivity index (χ4n) is 2.17. The molecule has 1 fully saturated rings. The van der Waals surface area contributed by atoms with Crippen LogP contribution in [0.5, 0.6) is 0 Å². The quantitative estimate of drug-likeness (QED) is 0.586. The first kappa shape index (κ1) is 16.4. The van der Waals surface area contributed by atoms with Crippen molar-refractivity contribution in [2.75, 3.05) is 12.9 Å². The van der Waals surface area contributed by atoms with Gasteiger partial charge in [0.2, 0.25) is 0 Å². The van der Waals surface area contributed by atoms with E-state index in [0.717, 1.165) is 31.9 Å². The second-order valence-corrected chi connectivity index (χ2v) is 7.88. The molecule has 112 valence electrons. The van der Waals surface area contributed by atoms with Gasteiger partial charge in [-0.3, -0.25) is 8.98 Å². The van der Waals surface area contributed by atoms with Gasteiger partial charge < -0.3 is 4.74 Å². The Balaban J connectivity index is 2.35. The van der Waals surface area contributed by atoms with Crippen LogP contribution in [0.2, 0.25) is 0 Å². The number of hydrogen-bond acceptors (Lipinski definition) is 5. The Morgan fingerprint density at radius 2 is 1.68 bits per heavy atom. The Morgan fingerprint density at radius 3 is 2.11 bits per heavy atom. The molecule has 0 spiro atoms. The fraction of sp³-hybridized carbons (Fsp3) is 0.923. The zero-order valence-corrected chi connectivity index (χ0v) is 13.0. The molecule has 1 rings (SSSR count). The minimum Gasteiger partial charge on any atom is -0.460 e. The van der Waals surface area contributed by atoms with Gasteiger partial charge in [0.15, 0.2) is 0 Å². The maximum absolute atomic E-state index is 11.9. The molecule has 0 atom stereocenters. The molecular weight excluding hydrogens is 268 g/mol. The lowest BCUT2D eigenvalue weighted by Crippen LogP contribution is -2.31. The third-order valence-corrected chi connectivity index (χ3v) is 3.67. The second-order valence-electron chi connectivity index (χ2n) is 6.24. The molecule has 1 aliphatic carbocycles. The van der Waals surface area contributed by atoms with Crippen molar-refractivity contribution in [3.63, 3.8) is 0 Å². The molecule has 0 heterocycles. The van der Waals surface area contributed by atoms with Crippen molar-refractivity contribution in [1.82, 2.24) is 0 Å². The number of carbonyl (C=O) groups is 1. The Bertz CT molecular complexity index is 399. The van der Waals surface area contributed by atoms with Gasteiger partial charge in [-0.1, -0.05) is 0 Å². The molecule has 5 nitrogen and oxygen atoms in total. The molecule has 0 amide bonds. The van der Waals surface area contributed by atoms with Crippen LogP contribution < -0.4 is 0 Å². The van der Waals surface area contributed by atoms with Crippen LogP contribution in [-0.2, 0) is 23.8 Å². The molecule has 0 bridgehead atoms. The standard InChI is InChI=1S/C13H24O5S/c1-13(2,3)18-12(14)11-7-5-10(6-8-11)9-17-19(4,15)16/h10-11H,5-9H2,1-4H3. The molecule has 1 saturated carbocycles. The molecular formula is C13H24O5S. The summed E-state index contributed by atoms with van der Waals surface area (Å²) in [6.45, 7) is 5.79. The molecule has 0 unspecified atom stereocenters. The van der Waals surface area contributed by atoms with Crippen molar-refractivity contribution in [3.05, 3.63) is 0 Å². The van der Waals surface area contributed by atoms with E-state index in [9.17, 15) is 13.2 Å². The third kappa shape index (κ3) is 6.92. The highest BCUT2D eigenvalue weighted by Crippen LogP contribution is 2.31. The molecule has 0 aromatic heterocycles. The fourth-order valence-corrected chi connectivity index (χ4v) is 2.61. The predicted molar refractivity (Wildman–Crippen MR) is 72.1 cm³/mol. The molecule has 0 aromatic rings. The topological polar surface area (TPSA) is 69.7 Å². The van der Waals surface area contributed by atoms with Crippen LogP contribution in [0.3, 0.4) is 0 Å². The first-order valence-electron chi connectivity index (χ1n) is 6.64. The van der Waals surface area contributed by atoms with Gasteiger partial charge in [-0.2, -0.15) is 8.42 Å². The van der Waals surface area contributed by atoms with E-state index in [1.165, 1.54) is 0 Å². The monoisotopic (exact) mass is 292 g/mol. The lowest BCUT2D eigenvalue weighted by molar-refractivity contribution is -0.161. The minimum absolute atomic E-state index is 0.0614. The Hall–Kier alpha value is -0.620. The largest absolute Gasteiger partial charge is 0.460 e. The van der Waals surface area contributed by atoms with E-state index < -0.39 is 15.7 Å². The average Bonchev–Trinajstić information content (AvgIpc) is 2.23. The lowest BCUT2D eigenvalue weighted by Gasteiger charge is -2.29. The molecule has 19 heavy (non-hydrogen) atoms. The smallest absolute Gasteiger partial charge is 0.309 e. The van der Waals surface area contributed by atoms with Gasteiger partial charge >= 0.3 is 5.97 Å². The summed E-state index contributed by atoms with van der Waals surface area (Å²) in [5, 5.41) is 0. The van der Waals surface area contributed by atoms with E-state index in [0.29, 0.717) is 0 Å². The van der Waals surface area contributed by atoms with Crippen LogP contribution >= 0.6 is 0 Å². The normalized spacial score (nSPS) is 25.1. The number of carbonyl (C=O) groups excluding carboxylic acids is 1. The predicted octanol–water partition coefficient (Wildman–Crippen LogP) is 2.11. The van der Waals surface area contributed by atoms with Crippen molar-refractivity contribution in [3.8, 4) is 0 Å². The first-order chi connectivity index (χ1) is 8.57. The summed E-state index contributed by atoms with van der Waals surface area (Å²) in [6, 6.07) is 0. The maximum atomic E-state index is 11.9. The number of esters is 1. The summed E-state index contributed by atoms with van der Waals surface area (Å²) in [5.41, 5.74) is -0.451. The number of hydrogen-bond donors (Lipinski definition) is 0.